The lowest BCUT2D eigenvalue weighted by Gasteiger charge is -2.14. The average molecular weight is 357 g/mol. The zero-order valence-electron chi connectivity index (χ0n) is 14.1. The Morgan fingerprint density at radius 1 is 1.15 bits per heavy atom. The molecule has 0 radical (unpaired) electrons. The molecule has 1 aliphatic rings. The predicted octanol–water partition coefficient (Wildman–Crippen LogP) is 1.35. The zero-order valence-corrected chi connectivity index (χ0v) is 14.1. The van der Waals surface area contributed by atoms with Gasteiger partial charge in [0.25, 0.3) is 5.91 Å². The molecule has 0 aromatic carbocycles. The van der Waals surface area contributed by atoms with Gasteiger partial charge in [0.05, 0.1) is 16.8 Å². The number of hydrogen-bond donors (Lipinski definition) is 2. The molecule has 0 aliphatic carbocycles. The van der Waals surface area contributed by atoms with Crippen molar-refractivity contribution in [2.75, 3.05) is 31.5 Å². The van der Waals surface area contributed by atoms with E-state index in [0.29, 0.717) is 17.9 Å². The number of likely N-dealkylation sites (tertiary alicyclic amines) is 1. The van der Waals surface area contributed by atoms with Crippen LogP contribution in [0.1, 0.15) is 23.3 Å². The van der Waals surface area contributed by atoms with Gasteiger partial charge in [-0.1, -0.05) is 0 Å². The first-order valence-electron chi connectivity index (χ1n) is 8.32. The van der Waals surface area contributed by atoms with E-state index in [1.165, 1.54) is 19.0 Å². The highest BCUT2D eigenvalue weighted by atomic mass is 16.6. The lowest BCUT2D eigenvalue weighted by atomic mass is 10.3. The van der Waals surface area contributed by atoms with Crippen LogP contribution in [0.3, 0.4) is 0 Å². The fraction of sp³-hybridized carbons (Fsp3) is 0.375. The second kappa shape index (κ2) is 8.30. The number of anilines is 2. The standard InChI is InChI=1S/C16H19N7O3/c24-15(17-5-8-22-6-1-2-7-22)14-4-3-12(9-18-14)21-16-19-10-13(11-20-16)23(25)26/h3-4,9-11H,1-2,5-8H2,(H,17,24)(H,19,20,21). The van der Waals surface area contributed by atoms with Gasteiger partial charge in [0.2, 0.25) is 5.95 Å². The minimum atomic E-state index is -0.567. The quantitative estimate of drug-likeness (QED) is 0.562. The van der Waals surface area contributed by atoms with Crippen molar-refractivity contribution in [3.8, 4) is 0 Å². The molecule has 26 heavy (non-hydrogen) atoms. The molecule has 10 nitrogen and oxygen atoms in total. The fourth-order valence-corrected chi connectivity index (χ4v) is 2.64. The third kappa shape index (κ3) is 4.70. The van der Waals surface area contributed by atoms with Crippen molar-refractivity contribution in [1.29, 1.82) is 0 Å². The van der Waals surface area contributed by atoms with Crippen LogP contribution in [0.25, 0.3) is 0 Å². The van der Waals surface area contributed by atoms with Crippen molar-refractivity contribution in [1.82, 2.24) is 25.2 Å². The van der Waals surface area contributed by atoms with Crippen LogP contribution in [0, 0.1) is 10.1 Å². The molecule has 10 heteroatoms. The smallest absolute Gasteiger partial charge is 0.305 e. The molecule has 0 saturated carbocycles. The van der Waals surface area contributed by atoms with Crippen LogP contribution in [-0.4, -0.2) is 56.9 Å². The first kappa shape index (κ1) is 17.7. The second-order valence-electron chi connectivity index (χ2n) is 5.88. The number of nitrogens with one attached hydrogen (secondary N) is 2. The maximum Gasteiger partial charge on any atom is 0.305 e. The van der Waals surface area contributed by atoms with Crippen molar-refractivity contribution in [3.05, 3.63) is 46.5 Å². The van der Waals surface area contributed by atoms with Crippen LogP contribution in [0.15, 0.2) is 30.7 Å². The number of rotatable bonds is 7. The molecular formula is C16H19N7O3. The molecule has 2 aromatic heterocycles. The van der Waals surface area contributed by atoms with E-state index in [-0.39, 0.29) is 17.5 Å². The minimum Gasteiger partial charge on any atom is -0.349 e. The molecule has 0 atom stereocenters. The first-order chi connectivity index (χ1) is 12.6. The van der Waals surface area contributed by atoms with E-state index in [4.69, 9.17) is 0 Å². The first-order valence-corrected chi connectivity index (χ1v) is 8.32. The van der Waals surface area contributed by atoms with E-state index in [1.807, 2.05) is 0 Å². The molecule has 1 fully saturated rings. The molecular weight excluding hydrogens is 338 g/mol. The summed E-state index contributed by atoms with van der Waals surface area (Å²) < 4.78 is 0. The highest BCUT2D eigenvalue weighted by Gasteiger charge is 2.12. The van der Waals surface area contributed by atoms with Crippen LogP contribution in [0.2, 0.25) is 0 Å². The van der Waals surface area contributed by atoms with Gasteiger partial charge in [-0.2, -0.15) is 0 Å². The van der Waals surface area contributed by atoms with Crippen LogP contribution in [0.5, 0.6) is 0 Å². The largest absolute Gasteiger partial charge is 0.349 e. The third-order valence-electron chi connectivity index (χ3n) is 4.01. The number of carbonyl (C=O) groups excluding carboxylic acids is 1. The van der Waals surface area contributed by atoms with E-state index < -0.39 is 4.92 Å². The van der Waals surface area contributed by atoms with Crippen LogP contribution >= 0.6 is 0 Å². The normalized spacial score (nSPS) is 14.2. The Morgan fingerprint density at radius 2 is 1.88 bits per heavy atom. The number of amides is 1. The van der Waals surface area contributed by atoms with Gasteiger partial charge < -0.3 is 15.5 Å². The van der Waals surface area contributed by atoms with Crippen molar-refractivity contribution < 1.29 is 9.72 Å². The van der Waals surface area contributed by atoms with Crippen LogP contribution in [0.4, 0.5) is 17.3 Å². The number of hydrogen-bond acceptors (Lipinski definition) is 8. The summed E-state index contributed by atoms with van der Waals surface area (Å²) in [6.07, 6.45) is 6.17. The molecule has 2 aromatic rings. The summed E-state index contributed by atoms with van der Waals surface area (Å²) in [5.41, 5.74) is 0.712. The minimum absolute atomic E-state index is 0.186. The van der Waals surface area contributed by atoms with Crippen molar-refractivity contribution in [2.24, 2.45) is 0 Å². The van der Waals surface area contributed by atoms with Gasteiger partial charge in [-0.25, -0.2) is 15.0 Å². The molecule has 3 heterocycles. The van der Waals surface area contributed by atoms with Gasteiger partial charge in [0.1, 0.15) is 18.1 Å². The van der Waals surface area contributed by atoms with Crippen LogP contribution < -0.4 is 10.6 Å². The summed E-state index contributed by atoms with van der Waals surface area (Å²) >= 11 is 0. The molecule has 1 aliphatic heterocycles. The maximum absolute atomic E-state index is 12.1. The highest BCUT2D eigenvalue weighted by molar-refractivity contribution is 5.92. The summed E-state index contributed by atoms with van der Waals surface area (Å²) in [5.74, 6) is -0.0115. The second-order valence-corrected chi connectivity index (χ2v) is 5.88. The van der Waals surface area contributed by atoms with Crippen molar-refractivity contribution in [2.45, 2.75) is 12.8 Å². The molecule has 0 bridgehead atoms. The Balaban J connectivity index is 1.50. The average Bonchev–Trinajstić information content (AvgIpc) is 3.16. The summed E-state index contributed by atoms with van der Waals surface area (Å²) in [6.45, 7) is 3.64. The number of nitrogens with zero attached hydrogens (tertiary/aromatic N) is 5. The van der Waals surface area contributed by atoms with E-state index in [0.717, 1.165) is 32.0 Å². The van der Waals surface area contributed by atoms with Gasteiger partial charge in [0, 0.05) is 13.1 Å². The molecule has 0 spiro atoms. The summed E-state index contributed by atoms with van der Waals surface area (Å²) in [5, 5.41) is 16.3. The van der Waals surface area contributed by atoms with Gasteiger partial charge in [-0.3, -0.25) is 14.9 Å². The Morgan fingerprint density at radius 3 is 2.50 bits per heavy atom. The predicted molar refractivity (Wildman–Crippen MR) is 94.2 cm³/mol. The van der Waals surface area contributed by atoms with Gasteiger partial charge in [0.15, 0.2) is 0 Å². The van der Waals surface area contributed by atoms with Gasteiger partial charge >= 0.3 is 5.69 Å². The molecule has 1 saturated heterocycles. The lowest BCUT2D eigenvalue weighted by molar-refractivity contribution is -0.385. The number of aromatic nitrogens is 3. The molecule has 136 valence electrons. The summed E-state index contributed by atoms with van der Waals surface area (Å²) in [7, 11) is 0. The van der Waals surface area contributed by atoms with E-state index in [2.05, 4.69) is 30.5 Å². The monoisotopic (exact) mass is 357 g/mol. The topological polar surface area (TPSA) is 126 Å². The SMILES string of the molecule is O=C(NCCN1CCCC1)c1ccc(Nc2ncc([N+](=O)[O-])cn2)cn1. The Kier molecular flexibility index (Phi) is 5.64. The Hall–Kier alpha value is -3.14. The Labute approximate surface area is 149 Å². The third-order valence-corrected chi connectivity index (χ3v) is 4.01. The summed E-state index contributed by atoms with van der Waals surface area (Å²) in [4.78, 5) is 36.3. The number of nitro groups is 1. The molecule has 1 amide bonds. The molecule has 3 rings (SSSR count). The van der Waals surface area contributed by atoms with E-state index in [1.54, 1.807) is 12.1 Å². The summed E-state index contributed by atoms with van der Waals surface area (Å²) in [6, 6.07) is 3.27. The highest BCUT2D eigenvalue weighted by Crippen LogP contribution is 2.14. The van der Waals surface area contributed by atoms with Crippen molar-refractivity contribution in [3.63, 3.8) is 0 Å². The number of pyridine rings is 1. The lowest BCUT2D eigenvalue weighted by Crippen LogP contribution is -2.33. The fourth-order valence-electron chi connectivity index (χ4n) is 2.64. The maximum atomic E-state index is 12.1. The van der Waals surface area contributed by atoms with Crippen LogP contribution in [-0.2, 0) is 0 Å². The molecule has 0 unspecified atom stereocenters. The van der Waals surface area contributed by atoms with E-state index >= 15 is 0 Å². The van der Waals surface area contributed by atoms with E-state index in [9.17, 15) is 14.9 Å². The number of carbonyl (C=O) groups is 1. The molecule has 2 N–H and O–H groups in total. The van der Waals surface area contributed by atoms with Gasteiger partial charge in [-0.05, 0) is 38.1 Å². The van der Waals surface area contributed by atoms with Crippen molar-refractivity contribution >= 4 is 23.2 Å². The van der Waals surface area contributed by atoms with Gasteiger partial charge in [-0.15, -0.1) is 0 Å². The Bertz CT molecular complexity index is 758. The zero-order chi connectivity index (χ0) is 18.4.